The number of H-pyrrole nitrogens is 1. The van der Waals surface area contributed by atoms with E-state index in [0.29, 0.717) is 12.5 Å². The average Bonchev–Trinajstić information content (AvgIpc) is 2.85. The number of sulfonamides is 1. The maximum absolute atomic E-state index is 12.4. The molecule has 0 amide bonds. The predicted octanol–water partition coefficient (Wildman–Crippen LogP) is 1.25. The van der Waals surface area contributed by atoms with Gasteiger partial charge in [0.05, 0.1) is 12.8 Å². The van der Waals surface area contributed by atoms with Gasteiger partial charge in [-0.05, 0) is 19.3 Å². The summed E-state index contributed by atoms with van der Waals surface area (Å²) in [6, 6.07) is 0. The number of aromatic nitrogens is 2. The van der Waals surface area contributed by atoms with Gasteiger partial charge in [0.25, 0.3) is 10.0 Å². The zero-order valence-corrected chi connectivity index (χ0v) is 13.0. The Hall–Kier alpha value is -1.41. The highest BCUT2D eigenvalue weighted by Crippen LogP contribution is 2.18. The number of hydrogen-bond acceptors (Lipinski definition) is 5. The maximum Gasteiger partial charge on any atom is 0.342 e. The molecule has 1 N–H and O–H groups in total. The number of nitrogens with one attached hydrogen (secondary N) is 1. The second-order valence-electron chi connectivity index (χ2n) is 4.84. The molecule has 0 fully saturated rings. The van der Waals surface area contributed by atoms with Crippen LogP contribution in [0.3, 0.4) is 0 Å². The second kappa shape index (κ2) is 6.85. The van der Waals surface area contributed by atoms with Gasteiger partial charge in [0.1, 0.15) is 5.56 Å². The number of esters is 1. The van der Waals surface area contributed by atoms with Crippen LogP contribution in [0.4, 0.5) is 0 Å². The van der Waals surface area contributed by atoms with Crippen molar-refractivity contribution < 1.29 is 17.9 Å². The summed E-state index contributed by atoms with van der Waals surface area (Å²) in [6.07, 6.45) is 1.90. The smallest absolute Gasteiger partial charge is 0.342 e. The lowest BCUT2D eigenvalue weighted by Gasteiger charge is -2.17. The molecule has 0 bridgehead atoms. The fourth-order valence-electron chi connectivity index (χ4n) is 1.54. The molecular weight excluding hydrogens is 282 g/mol. The zero-order chi connectivity index (χ0) is 15.3. The van der Waals surface area contributed by atoms with Crippen LogP contribution in [-0.4, -0.2) is 49.1 Å². The standard InChI is InChI=1S/C12H21N3O4S/c1-5-19-12(16)10-8-13-14-11(10)20(17,18)15(4)7-6-9(2)3/h8-9H,5-7H2,1-4H3,(H,13,14). The minimum absolute atomic E-state index is 0.0664. The monoisotopic (exact) mass is 303 g/mol. The van der Waals surface area contributed by atoms with Crippen molar-refractivity contribution >= 4 is 16.0 Å². The van der Waals surface area contributed by atoms with E-state index in [1.54, 1.807) is 6.92 Å². The number of nitrogens with zero attached hydrogens (tertiary/aromatic N) is 2. The molecule has 0 saturated heterocycles. The Morgan fingerprint density at radius 2 is 2.15 bits per heavy atom. The molecule has 0 aliphatic carbocycles. The van der Waals surface area contributed by atoms with E-state index in [9.17, 15) is 13.2 Å². The van der Waals surface area contributed by atoms with E-state index >= 15 is 0 Å². The molecule has 0 radical (unpaired) electrons. The number of rotatable bonds is 7. The molecule has 1 rings (SSSR count). The number of carbonyl (C=O) groups is 1. The molecule has 20 heavy (non-hydrogen) atoms. The molecule has 114 valence electrons. The Bertz CT molecular complexity index is 551. The van der Waals surface area contributed by atoms with Gasteiger partial charge in [0.15, 0.2) is 5.03 Å². The molecule has 0 aliphatic rings. The van der Waals surface area contributed by atoms with Crippen LogP contribution >= 0.6 is 0 Å². The topological polar surface area (TPSA) is 92.4 Å². The molecular formula is C12H21N3O4S. The zero-order valence-electron chi connectivity index (χ0n) is 12.2. The predicted molar refractivity (Wildman–Crippen MR) is 73.8 cm³/mol. The number of aromatic amines is 1. The van der Waals surface area contributed by atoms with Gasteiger partial charge in [0.2, 0.25) is 0 Å². The highest BCUT2D eigenvalue weighted by Gasteiger charge is 2.29. The Balaban J connectivity index is 2.98. The molecule has 1 aromatic heterocycles. The van der Waals surface area contributed by atoms with E-state index in [1.165, 1.54) is 17.5 Å². The summed E-state index contributed by atoms with van der Waals surface area (Å²) >= 11 is 0. The van der Waals surface area contributed by atoms with Crippen molar-refractivity contribution in [2.75, 3.05) is 20.2 Å². The normalized spacial score (nSPS) is 12.1. The molecule has 0 aromatic carbocycles. The first kappa shape index (κ1) is 16.6. The summed E-state index contributed by atoms with van der Waals surface area (Å²) in [6.45, 7) is 6.23. The molecule has 7 nitrogen and oxygen atoms in total. The van der Waals surface area contributed by atoms with Crippen molar-refractivity contribution in [3.63, 3.8) is 0 Å². The number of hydrogen-bond donors (Lipinski definition) is 1. The van der Waals surface area contributed by atoms with Crippen LogP contribution in [0.5, 0.6) is 0 Å². The highest BCUT2D eigenvalue weighted by molar-refractivity contribution is 7.89. The maximum atomic E-state index is 12.4. The van der Waals surface area contributed by atoms with Gasteiger partial charge in [-0.2, -0.15) is 9.40 Å². The first-order chi connectivity index (χ1) is 9.30. The Kier molecular flexibility index (Phi) is 5.70. The lowest BCUT2D eigenvalue weighted by molar-refractivity contribution is 0.0521. The fraction of sp³-hybridized carbons (Fsp3) is 0.667. The minimum Gasteiger partial charge on any atom is -0.462 e. The van der Waals surface area contributed by atoms with Gasteiger partial charge >= 0.3 is 5.97 Å². The molecule has 0 saturated carbocycles. The van der Waals surface area contributed by atoms with Crippen LogP contribution in [-0.2, 0) is 14.8 Å². The van der Waals surface area contributed by atoms with Crippen molar-refractivity contribution in [1.82, 2.24) is 14.5 Å². The van der Waals surface area contributed by atoms with Crippen molar-refractivity contribution in [1.29, 1.82) is 0 Å². The number of ether oxygens (including phenoxy) is 1. The van der Waals surface area contributed by atoms with E-state index < -0.39 is 16.0 Å². The summed E-state index contributed by atoms with van der Waals surface area (Å²) in [5, 5.41) is 5.79. The lowest BCUT2D eigenvalue weighted by atomic mass is 10.1. The van der Waals surface area contributed by atoms with Crippen LogP contribution in [0.1, 0.15) is 37.6 Å². The molecule has 0 aliphatic heterocycles. The minimum atomic E-state index is -3.77. The van der Waals surface area contributed by atoms with Crippen molar-refractivity contribution in [2.24, 2.45) is 5.92 Å². The van der Waals surface area contributed by atoms with Crippen LogP contribution in [0.15, 0.2) is 11.2 Å². The molecule has 1 aromatic rings. The SMILES string of the molecule is CCOC(=O)c1cn[nH]c1S(=O)(=O)N(C)CCC(C)C. The van der Waals surface area contributed by atoms with Gasteiger partial charge in [-0.1, -0.05) is 13.8 Å². The summed E-state index contributed by atoms with van der Waals surface area (Å²) in [4.78, 5) is 11.7. The van der Waals surface area contributed by atoms with Gasteiger partial charge in [-0.3, -0.25) is 5.10 Å². The molecule has 0 atom stereocenters. The van der Waals surface area contributed by atoms with Gasteiger partial charge < -0.3 is 4.74 Å². The summed E-state index contributed by atoms with van der Waals surface area (Å²) < 4.78 is 30.8. The van der Waals surface area contributed by atoms with E-state index in [1.807, 2.05) is 13.8 Å². The van der Waals surface area contributed by atoms with Crippen LogP contribution in [0, 0.1) is 5.92 Å². The third-order valence-electron chi connectivity index (χ3n) is 2.79. The molecule has 0 spiro atoms. The molecule has 1 heterocycles. The van der Waals surface area contributed by atoms with E-state index in [4.69, 9.17) is 4.74 Å². The lowest BCUT2D eigenvalue weighted by Crippen LogP contribution is -2.30. The van der Waals surface area contributed by atoms with E-state index in [-0.39, 0.29) is 17.2 Å². The van der Waals surface area contributed by atoms with Crippen molar-refractivity contribution in [2.45, 2.75) is 32.2 Å². The first-order valence-electron chi connectivity index (χ1n) is 6.47. The Morgan fingerprint density at radius 1 is 1.50 bits per heavy atom. The van der Waals surface area contributed by atoms with Crippen LogP contribution in [0.2, 0.25) is 0 Å². The Labute approximate surface area is 119 Å². The largest absolute Gasteiger partial charge is 0.462 e. The van der Waals surface area contributed by atoms with Crippen molar-refractivity contribution in [3.05, 3.63) is 11.8 Å². The molecule has 0 unspecified atom stereocenters. The summed E-state index contributed by atoms with van der Waals surface area (Å²) in [5.41, 5.74) is -0.0664. The third kappa shape index (κ3) is 3.80. The van der Waals surface area contributed by atoms with Gasteiger partial charge in [-0.15, -0.1) is 0 Å². The first-order valence-corrected chi connectivity index (χ1v) is 7.91. The average molecular weight is 303 g/mol. The third-order valence-corrected chi connectivity index (χ3v) is 4.62. The van der Waals surface area contributed by atoms with Gasteiger partial charge in [-0.25, -0.2) is 13.2 Å². The highest BCUT2D eigenvalue weighted by atomic mass is 32.2. The van der Waals surface area contributed by atoms with Crippen molar-refractivity contribution in [3.8, 4) is 0 Å². The van der Waals surface area contributed by atoms with Gasteiger partial charge in [0, 0.05) is 13.6 Å². The number of carbonyl (C=O) groups excluding carboxylic acids is 1. The van der Waals surface area contributed by atoms with Crippen LogP contribution < -0.4 is 0 Å². The fourth-order valence-corrected chi connectivity index (χ4v) is 2.78. The summed E-state index contributed by atoms with van der Waals surface area (Å²) in [7, 11) is -2.29. The quantitative estimate of drug-likeness (QED) is 0.765. The van der Waals surface area contributed by atoms with E-state index in [0.717, 1.165) is 6.42 Å². The second-order valence-corrected chi connectivity index (χ2v) is 6.82. The summed E-state index contributed by atoms with van der Waals surface area (Å²) in [5.74, 6) is -0.309. The molecule has 8 heteroatoms. The van der Waals surface area contributed by atoms with E-state index in [2.05, 4.69) is 10.2 Å². The Morgan fingerprint density at radius 3 is 2.70 bits per heavy atom. The van der Waals surface area contributed by atoms with Crippen LogP contribution in [0.25, 0.3) is 0 Å².